The second-order valence-corrected chi connectivity index (χ2v) is 5.96. The summed E-state index contributed by atoms with van der Waals surface area (Å²) in [6, 6.07) is 4.03. The van der Waals surface area contributed by atoms with Gasteiger partial charge in [0.2, 0.25) is 5.91 Å². The van der Waals surface area contributed by atoms with Gasteiger partial charge in [-0.05, 0) is 49.7 Å². The Bertz CT molecular complexity index is 469. The molecule has 19 heavy (non-hydrogen) atoms. The quantitative estimate of drug-likeness (QED) is 0.861. The van der Waals surface area contributed by atoms with Crippen molar-refractivity contribution >= 4 is 5.91 Å². The highest BCUT2D eigenvalue weighted by molar-refractivity contribution is 5.80. The SMILES string of the molecule is Cc1ccc(CNC(=O)C2C3CCC(C3)C2N)cn1. The Labute approximate surface area is 113 Å². The predicted octanol–water partition coefficient (Wildman–Crippen LogP) is 1.38. The minimum absolute atomic E-state index is 0.0251. The van der Waals surface area contributed by atoms with E-state index in [1.807, 2.05) is 25.3 Å². The molecule has 2 aliphatic carbocycles. The van der Waals surface area contributed by atoms with Gasteiger partial charge in [0, 0.05) is 24.5 Å². The van der Waals surface area contributed by atoms with E-state index in [9.17, 15) is 4.79 Å². The van der Waals surface area contributed by atoms with Crippen molar-refractivity contribution in [2.75, 3.05) is 0 Å². The lowest BCUT2D eigenvalue weighted by molar-refractivity contribution is -0.127. The van der Waals surface area contributed by atoms with Gasteiger partial charge in [0.15, 0.2) is 0 Å². The van der Waals surface area contributed by atoms with Gasteiger partial charge in [0.05, 0.1) is 5.92 Å². The van der Waals surface area contributed by atoms with Crippen molar-refractivity contribution in [3.05, 3.63) is 29.6 Å². The van der Waals surface area contributed by atoms with E-state index < -0.39 is 0 Å². The van der Waals surface area contributed by atoms with E-state index in [1.54, 1.807) is 0 Å². The van der Waals surface area contributed by atoms with Crippen LogP contribution in [0.2, 0.25) is 0 Å². The minimum Gasteiger partial charge on any atom is -0.352 e. The molecule has 2 saturated carbocycles. The van der Waals surface area contributed by atoms with Gasteiger partial charge in [-0.25, -0.2) is 0 Å². The number of nitrogens with one attached hydrogen (secondary N) is 1. The second kappa shape index (κ2) is 4.93. The highest BCUT2D eigenvalue weighted by Crippen LogP contribution is 2.47. The molecule has 0 saturated heterocycles. The van der Waals surface area contributed by atoms with E-state index in [0.717, 1.165) is 17.7 Å². The molecule has 2 aliphatic rings. The molecule has 1 aromatic rings. The van der Waals surface area contributed by atoms with Gasteiger partial charge in [-0.15, -0.1) is 0 Å². The van der Waals surface area contributed by atoms with Gasteiger partial charge >= 0.3 is 0 Å². The average Bonchev–Trinajstić information content (AvgIpc) is 2.98. The summed E-state index contributed by atoms with van der Waals surface area (Å²) in [6.45, 7) is 2.50. The Morgan fingerprint density at radius 3 is 2.84 bits per heavy atom. The van der Waals surface area contributed by atoms with Gasteiger partial charge < -0.3 is 11.1 Å². The van der Waals surface area contributed by atoms with E-state index in [4.69, 9.17) is 5.73 Å². The van der Waals surface area contributed by atoms with Crippen LogP contribution in [-0.4, -0.2) is 16.9 Å². The Morgan fingerprint density at radius 2 is 2.21 bits per heavy atom. The third-order valence-electron chi connectivity index (χ3n) is 4.72. The van der Waals surface area contributed by atoms with Gasteiger partial charge in [-0.3, -0.25) is 9.78 Å². The first-order valence-corrected chi connectivity index (χ1v) is 7.10. The fraction of sp³-hybridized carbons (Fsp3) is 0.600. The zero-order chi connectivity index (χ0) is 13.4. The van der Waals surface area contributed by atoms with Crippen LogP contribution in [0.3, 0.4) is 0 Å². The maximum atomic E-state index is 12.3. The molecule has 4 heteroatoms. The molecule has 4 atom stereocenters. The lowest BCUT2D eigenvalue weighted by Crippen LogP contribution is -2.45. The molecule has 102 valence electrons. The van der Waals surface area contributed by atoms with Crippen molar-refractivity contribution in [1.29, 1.82) is 0 Å². The number of hydrogen-bond acceptors (Lipinski definition) is 3. The normalized spacial score (nSPS) is 32.5. The van der Waals surface area contributed by atoms with E-state index in [1.165, 1.54) is 12.8 Å². The van der Waals surface area contributed by atoms with Gasteiger partial charge in [0.1, 0.15) is 0 Å². The molecule has 0 aliphatic heterocycles. The van der Waals surface area contributed by atoms with E-state index in [0.29, 0.717) is 18.4 Å². The average molecular weight is 259 g/mol. The molecule has 2 fully saturated rings. The van der Waals surface area contributed by atoms with Crippen LogP contribution < -0.4 is 11.1 Å². The first-order valence-electron chi connectivity index (χ1n) is 7.10. The molecule has 1 amide bonds. The highest BCUT2D eigenvalue weighted by Gasteiger charge is 2.48. The molecule has 2 bridgehead atoms. The summed E-state index contributed by atoms with van der Waals surface area (Å²) in [5.74, 6) is 1.23. The van der Waals surface area contributed by atoms with Crippen molar-refractivity contribution < 1.29 is 4.79 Å². The largest absolute Gasteiger partial charge is 0.352 e. The van der Waals surface area contributed by atoms with Crippen molar-refractivity contribution in [2.24, 2.45) is 23.5 Å². The maximum absolute atomic E-state index is 12.3. The van der Waals surface area contributed by atoms with Crippen LogP contribution in [0.15, 0.2) is 18.3 Å². The van der Waals surface area contributed by atoms with Crippen LogP contribution in [0.1, 0.15) is 30.5 Å². The highest BCUT2D eigenvalue weighted by atomic mass is 16.1. The number of amides is 1. The van der Waals surface area contributed by atoms with Crippen LogP contribution in [0.4, 0.5) is 0 Å². The predicted molar refractivity (Wildman–Crippen MR) is 73.1 cm³/mol. The molecule has 4 nitrogen and oxygen atoms in total. The van der Waals surface area contributed by atoms with Crippen LogP contribution in [-0.2, 0) is 11.3 Å². The molecule has 0 aromatic carbocycles. The van der Waals surface area contributed by atoms with Crippen molar-refractivity contribution in [3.8, 4) is 0 Å². The molecule has 0 spiro atoms. The number of pyridine rings is 1. The number of aromatic nitrogens is 1. The number of nitrogens with two attached hydrogens (primary N) is 1. The van der Waals surface area contributed by atoms with E-state index in [2.05, 4.69) is 10.3 Å². The molecule has 3 rings (SSSR count). The lowest BCUT2D eigenvalue weighted by atomic mass is 9.84. The topological polar surface area (TPSA) is 68.0 Å². The second-order valence-electron chi connectivity index (χ2n) is 5.96. The van der Waals surface area contributed by atoms with Crippen molar-refractivity contribution in [2.45, 2.75) is 38.8 Å². The van der Waals surface area contributed by atoms with E-state index >= 15 is 0 Å². The summed E-state index contributed by atoms with van der Waals surface area (Å²) < 4.78 is 0. The molecule has 3 N–H and O–H groups in total. The number of rotatable bonds is 3. The van der Waals surface area contributed by atoms with Gasteiger partial charge in [0.25, 0.3) is 0 Å². The Hall–Kier alpha value is -1.42. The zero-order valence-electron chi connectivity index (χ0n) is 11.3. The number of carbonyl (C=O) groups is 1. The number of hydrogen-bond donors (Lipinski definition) is 2. The standard InChI is InChI=1S/C15H21N3O/c1-9-2-3-10(7-17-9)8-18-15(19)13-11-4-5-12(6-11)14(13)16/h2-3,7,11-14H,4-6,8,16H2,1H3,(H,18,19). The number of carbonyl (C=O) groups excluding carboxylic acids is 1. The number of aryl methyl sites for hydroxylation is 1. The van der Waals surface area contributed by atoms with Crippen LogP contribution in [0.5, 0.6) is 0 Å². The summed E-state index contributed by atoms with van der Waals surface area (Å²) >= 11 is 0. The first-order chi connectivity index (χ1) is 9.15. The van der Waals surface area contributed by atoms with Crippen molar-refractivity contribution in [3.63, 3.8) is 0 Å². The summed E-state index contributed by atoms with van der Waals surface area (Å²) in [5.41, 5.74) is 8.21. The minimum atomic E-state index is 0.0251. The summed E-state index contributed by atoms with van der Waals surface area (Å²) in [5, 5.41) is 3.02. The monoisotopic (exact) mass is 259 g/mol. The number of fused-ring (bicyclic) bond motifs is 2. The number of nitrogens with zero attached hydrogens (tertiary/aromatic N) is 1. The Balaban J connectivity index is 1.58. The summed E-state index contributed by atoms with van der Waals surface area (Å²) in [6.07, 6.45) is 5.34. The molecular weight excluding hydrogens is 238 g/mol. The van der Waals surface area contributed by atoms with Crippen LogP contribution >= 0.6 is 0 Å². The third kappa shape index (κ3) is 2.37. The zero-order valence-corrected chi connectivity index (χ0v) is 11.3. The third-order valence-corrected chi connectivity index (χ3v) is 4.72. The van der Waals surface area contributed by atoms with Gasteiger partial charge in [-0.2, -0.15) is 0 Å². The molecular formula is C15H21N3O. The van der Waals surface area contributed by atoms with Crippen LogP contribution in [0.25, 0.3) is 0 Å². The maximum Gasteiger partial charge on any atom is 0.225 e. The lowest BCUT2D eigenvalue weighted by Gasteiger charge is -2.27. The van der Waals surface area contributed by atoms with Gasteiger partial charge in [-0.1, -0.05) is 6.07 Å². The fourth-order valence-electron chi connectivity index (χ4n) is 3.63. The first kappa shape index (κ1) is 12.6. The summed E-state index contributed by atoms with van der Waals surface area (Å²) in [7, 11) is 0. The Kier molecular flexibility index (Phi) is 3.27. The summed E-state index contributed by atoms with van der Waals surface area (Å²) in [4.78, 5) is 16.5. The molecule has 1 aromatic heterocycles. The smallest absolute Gasteiger partial charge is 0.225 e. The van der Waals surface area contributed by atoms with Crippen molar-refractivity contribution in [1.82, 2.24) is 10.3 Å². The molecule has 4 unspecified atom stereocenters. The molecule has 0 radical (unpaired) electrons. The molecule has 1 heterocycles. The van der Waals surface area contributed by atoms with Crippen LogP contribution in [0, 0.1) is 24.7 Å². The van der Waals surface area contributed by atoms with E-state index in [-0.39, 0.29) is 17.9 Å². The fourth-order valence-corrected chi connectivity index (χ4v) is 3.63. The Morgan fingerprint density at radius 1 is 1.42 bits per heavy atom.